The van der Waals surface area contributed by atoms with E-state index >= 15 is 0 Å². The van der Waals surface area contributed by atoms with Crippen LogP contribution in [0.4, 0.5) is 0 Å². The Bertz CT molecular complexity index is 379. The first-order valence-corrected chi connectivity index (χ1v) is 5.21. The topological polar surface area (TPSA) is 0 Å². The molecule has 66 valence electrons. The molecule has 2 aromatic rings. The highest BCUT2D eigenvalue weighted by Crippen LogP contribution is 2.30. The van der Waals surface area contributed by atoms with Crippen molar-refractivity contribution >= 4 is 11.3 Å². The van der Waals surface area contributed by atoms with Gasteiger partial charge >= 0.3 is 0 Å². The van der Waals surface area contributed by atoms with Gasteiger partial charge in [0.1, 0.15) is 0 Å². The molecule has 0 unspecified atom stereocenters. The Morgan fingerprint density at radius 3 is 2.23 bits per heavy atom. The summed E-state index contributed by atoms with van der Waals surface area (Å²) in [6.07, 6.45) is 0. The summed E-state index contributed by atoms with van der Waals surface area (Å²) in [5.74, 6) is 0. The lowest BCUT2D eigenvalue weighted by Gasteiger charge is -1.93. The van der Waals surface area contributed by atoms with E-state index in [-0.39, 0.29) is 0 Å². The predicted octanol–water partition coefficient (Wildman–Crippen LogP) is 4.03. The number of thiophene rings is 1. The van der Waals surface area contributed by atoms with E-state index in [4.69, 9.17) is 0 Å². The largest absolute Gasteiger partial charge is 0.140 e. The smallest absolute Gasteiger partial charge is 0.0348 e. The molecule has 0 N–H and O–H groups in total. The third-order valence-corrected chi connectivity index (χ3v) is 3.43. The van der Waals surface area contributed by atoms with Crippen molar-refractivity contribution in [3.8, 4) is 10.4 Å². The molecule has 1 aromatic heterocycles. The van der Waals surface area contributed by atoms with E-state index in [0.29, 0.717) is 0 Å². The second kappa shape index (κ2) is 3.35. The molecule has 0 radical (unpaired) electrons. The molecular weight excluding hydrogens is 176 g/mol. The standard InChI is InChI=1S/C12H12S/c1-9-8-12(13-10(9)2)11-6-4-3-5-7-11/h3-8H,1-2H3. The van der Waals surface area contributed by atoms with Gasteiger partial charge in [-0.2, -0.15) is 0 Å². The maximum atomic E-state index is 2.26. The first-order valence-electron chi connectivity index (χ1n) is 4.40. The minimum Gasteiger partial charge on any atom is -0.140 e. The lowest BCUT2D eigenvalue weighted by molar-refractivity contribution is 1.44. The van der Waals surface area contributed by atoms with Crippen molar-refractivity contribution in [2.75, 3.05) is 0 Å². The number of benzene rings is 1. The molecule has 1 aromatic carbocycles. The zero-order chi connectivity index (χ0) is 9.26. The van der Waals surface area contributed by atoms with Gasteiger partial charge in [-0.3, -0.25) is 0 Å². The third kappa shape index (κ3) is 1.65. The lowest BCUT2D eigenvalue weighted by Crippen LogP contribution is -1.68. The van der Waals surface area contributed by atoms with Gasteiger partial charge in [-0.1, -0.05) is 30.3 Å². The van der Waals surface area contributed by atoms with Gasteiger partial charge in [0.15, 0.2) is 0 Å². The van der Waals surface area contributed by atoms with Crippen molar-refractivity contribution < 1.29 is 0 Å². The Balaban J connectivity index is 2.48. The average molecular weight is 188 g/mol. The minimum absolute atomic E-state index is 1.32. The van der Waals surface area contributed by atoms with Gasteiger partial charge in [0.05, 0.1) is 0 Å². The summed E-state index contributed by atoms with van der Waals surface area (Å²) in [5.41, 5.74) is 2.72. The molecule has 0 fully saturated rings. The van der Waals surface area contributed by atoms with Gasteiger partial charge in [-0.05, 0) is 31.0 Å². The highest BCUT2D eigenvalue weighted by molar-refractivity contribution is 7.15. The fourth-order valence-corrected chi connectivity index (χ4v) is 2.36. The molecule has 0 spiro atoms. The van der Waals surface area contributed by atoms with E-state index in [0.717, 1.165) is 0 Å². The van der Waals surface area contributed by atoms with Gasteiger partial charge in [0.2, 0.25) is 0 Å². The molecule has 0 saturated heterocycles. The lowest BCUT2D eigenvalue weighted by atomic mass is 10.2. The first-order chi connectivity index (χ1) is 6.27. The summed E-state index contributed by atoms with van der Waals surface area (Å²) in [7, 11) is 0. The van der Waals surface area contributed by atoms with Crippen LogP contribution in [-0.4, -0.2) is 0 Å². The first kappa shape index (κ1) is 8.52. The molecule has 0 amide bonds. The van der Waals surface area contributed by atoms with Crippen molar-refractivity contribution in [3.63, 3.8) is 0 Å². The molecule has 0 nitrogen and oxygen atoms in total. The predicted molar refractivity (Wildman–Crippen MR) is 59.2 cm³/mol. The molecule has 2 rings (SSSR count). The fourth-order valence-electron chi connectivity index (χ4n) is 1.32. The van der Waals surface area contributed by atoms with Crippen molar-refractivity contribution in [3.05, 3.63) is 46.8 Å². The van der Waals surface area contributed by atoms with Crippen LogP contribution in [-0.2, 0) is 0 Å². The van der Waals surface area contributed by atoms with Crippen LogP contribution in [0.25, 0.3) is 10.4 Å². The minimum atomic E-state index is 1.32. The fraction of sp³-hybridized carbons (Fsp3) is 0.167. The van der Waals surface area contributed by atoms with Crippen molar-refractivity contribution in [1.82, 2.24) is 0 Å². The van der Waals surface area contributed by atoms with Crippen LogP contribution in [0.3, 0.4) is 0 Å². The van der Waals surface area contributed by atoms with Gasteiger partial charge in [-0.15, -0.1) is 11.3 Å². The molecule has 1 heteroatoms. The van der Waals surface area contributed by atoms with Crippen LogP contribution in [0.5, 0.6) is 0 Å². The molecule has 0 aliphatic heterocycles. The second-order valence-electron chi connectivity index (χ2n) is 3.22. The van der Waals surface area contributed by atoms with Crippen molar-refractivity contribution in [1.29, 1.82) is 0 Å². The van der Waals surface area contributed by atoms with Gasteiger partial charge < -0.3 is 0 Å². The van der Waals surface area contributed by atoms with Gasteiger partial charge in [0, 0.05) is 9.75 Å². The number of rotatable bonds is 1. The second-order valence-corrected chi connectivity index (χ2v) is 4.47. The van der Waals surface area contributed by atoms with Crippen LogP contribution in [0.2, 0.25) is 0 Å². The molecule has 0 aliphatic carbocycles. The van der Waals surface area contributed by atoms with E-state index in [9.17, 15) is 0 Å². The van der Waals surface area contributed by atoms with Crippen molar-refractivity contribution in [2.45, 2.75) is 13.8 Å². The number of hydrogen-bond acceptors (Lipinski definition) is 1. The Hall–Kier alpha value is -1.08. The summed E-state index contributed by atoms with van der Waals surface area (Å²) >= 11 is 1.87. The van der Waals surface area contributed by atoms with Gasteiger partial charge in [0.25, 0.3) is 0 Å². The SMILES string of the molecule is Cc1cc(-c2ccccc2)sc1C. The van der Waals surface area contributed by atoms with Crippen LogP contribution in [0, 0.1) is 13.8 Å². The molecular formula is C12H12S. The summed E-state index contributed by atoms with van der Waals surface area (Å²) in [4.78, 5) is 2.79. The highest BCUT2D eigenvalue weighted by Gasteiger charge is 2.02. The number of aryl methyl sites for hydroxylation is 2. The van der Waals surface area contributed by atoms with E-state index in [1.807, 2.05) is 11.3 Å². The third-order valence-electron chi connectivity index (χ3n) is 2.22. The van der Waals surface area contributed by atoms with E-state index in [1.165, 1.54) is 20.9 Å². The quantitative estimate of drug-likeness (QED) is 0.633. The zero-order valence-corrected chi connectivity index (χ0v) is 8.69. The molecule has 0 saturated carbocycles. The molecule has 13 heavy (non-hydrogen) atoms. The summed E-state index contributed by atoms with van der Waals surface area (Å²) in [6.45, 7) is 4.34. The zero-order valence-electron chi connectivity index (χ0n) is 7.87. The Kier molecular flexibility index (Phi) is 2.19. The normalized spacial score (nSPS) is 10.3. The van der Waals surface area contributed by atoms with Crippen LogP contribution >= 0.6 is 11.3 Å². The molecule has 0 atom stereocenters. The van der Waals surface area contributed by atoms with E-state index < -0.39 is 0 Å². The highest BCUT2D eigenvalue weighted by atomic mass is 32.1. The maximum absolute atomic E-state index is 2.26. The monoisotopic (exact) mass is 188 g/mol. The molecule has 0 bridgehead atoms. The van der Waals surface area contributed by atoms with E-state index in [1.54, 1.807) is 0 Å². The van der Waals surface area contributed by atoms with Crippen LogP contribution in [0.1, 0.15) is 10.4 Å². The Morgan fingerprint density at radius 2 is 1.69 bits per heavy atom. The summed E-state index contributed by atoms with van der Waals surface area (Å²) < 4.78 is 0. The van der Waals surface area contributed by atoms with Gasteiger partial charge in [-0.25, -0.2) is 0 Å². The Labute approximate surface area is 82.9 Å². The molecule has 0 aliphatic rings. The van der Waals surface area contributed by atoms with E-state index in [2.05, 4.69) is 50.2 Å². The average Bonchev–Trinajstić information content (AvgIpc) is 2.49. The number of hydrogen-bond donors (Lipinski definition) is 0. The summed E-state index contributed by atoms with van der Waals surface area (Å²) in [6, 6.07) is 12.8. The summed E-state index contributed by atoms with van der Waals surface area (Å²) in [5, 5.41) is 0. The van der Waals surface area contributed by atoms with Crippen LogP contribution in [0.15, 0.2) is 36.4 Å². The van der Waals surface area contributed by atoms with Crippen molar-refractivity contribution in [2.24, 2.45) is 0 Å². The van der Waals surface area contributed by atoms with Crippen LogP contribution < -0.4 is 0 Å². The maximum Gasteiger partial charge on any atom is 0.0348 e. The Morgan fingerprint density at radius 1 is 1.00 bits per heavy atom. The molecule has 1 heterocycles.